The maximum Gasteiger partial charge on any atom is 0.262 e. The molecule has 0 aliphatic heterocycles. The number of nitrogens with one attached hydrogen (secondary N) is 1. The van der Waals surface area contributed by atoms with E-state index in [4.69, 9.17) is 10.00 Å². The second-order valence-electron chi connectivity index (χ2n) is 5.10. The van der Waals surface area contributed by atoms with Crippen LogP contribution in [-0.4, -0.2) is 19.1 Å². The summed E-state index contributed by atoms with van der Waals surface area (Å²) in [6, 6.07) is 6.06. The fourth-order valence-corrected chi connectivity index (χ4v) is 1.98. The minimum Gasteiger partial charge on any atom is -0.496 e. The second-order valence-corrected chi connectivity index (χ2v) is 5.10. The third-order valence-corrected chi connectivity index (χ3v) is 3.36. The first-order chi connectivity index (χ1) is 9.55. The van der Waals surface area contributed by atoms with Gasteiger partial charge in [-0.15, -0.1) is 0 Å². The summed E-state index contributed by atoms with van der Waals surface area (Å²) in [6.07, 6.45) is 3.65. The van der Waals surface area contributed by atoms with Crippen LogP contribution in [0.1, 0.15) is 29.5 Å². The molecular weight excluding hydrogens is 252 g/mol. The molecule has 4 nitrogen and oxygen atoms in total. The van der Waals surface area contributed by atoms with Crippen LogP contribution >= 0.6 is 0 Å². The molecule has 1 aliphatic rings. The summed E-state index contributed by atoms with van der Waals surface area (Å²) >= 11 is 0. The monoisotopic (exact) mass is 270 g/mol. The third kappa shape index (κ3) is 3.18. The number of nitriles is 1. The number of ether oxygens (including phenoxy) is 1. The zero-order valence-corrected chi connectivity index (χ0v) is 12.0. The number of nitrogens with zero attached hydrogens (tertiary/aromatic N) is 1. The van der Waals surface area contributed by atoms with Crippen molar-refractivity contribution in [3.05, 3.63) is 34.4 Å². The number of hydrogen-bond acceptors (Lipinski definition) is 3. The molecule has 0 spiro atoms. The Morgan fingerprint density at radius 2 is 2.10 bits per heavy atom. The van der Waals surface area contributed by atoms with E-state index in [0.717, 1.165) is 35.3 Å². The molecule has 1 aliphatic carbocycles. The molecule has 0 heterocycles. The highest BCUT2D eigenvalue weighted by molar-refractivity contribution is 6.02. The summed E-state index contributed by atoms with van der Waals surface area (Å²) in [5.74, 6) is 0.517. The summed E-state index contributed by atoms with van der Waals surface area (Å²) in [5.41, 5.74) is 2.96. The van der Waals surface area contributed by atoms with Crippen LogP contribution in [0.15, 0.2) is 17.7 Å². The predicted octanol–water partition coefficient (Wildman–Crippen LogP) is 2.50. The van der Waals surface area contributed by atoms with Gasteiger partial charge >= 0.3 is 0 Å². The van der Waals surface area contributed by atoms with Gasteiger partial charge in [-0.3, -0.25) is 4.79 Å². The molecule has 1 fully saturated rings. The lowest BCUT2D eigenvalue weighted by atomic mass is 10.0. The van der Waals surface area contributed by atoms with Crippen LogP contribution in [0.25, 0.3) is 6.08 Å². The molecule has 2 rings (SSSR count). The van der Waals surface area contributed by atoms with Crippen LogP contribution in [0.3, 0.4) is 0 Å². The fraction of sp³-hybridized carbons (Fsp3) is 0.375. The van der Waals surface area contributed by atoms with E-state index in [2.05, 4.69) is 5.32 Å². The number of aryl methyl sites for hydroxylation is 2. The van der Waals surface area contributed by atoms with E-state index >= 15 is 0 Å². The van der Waals surface area contributed by atoms with Crippen molar-refractivity contribution >= 4 is 12.0 Å². The Labute approximate surface area is 119 Å². The minimum absolute atomic E-state index is 0.143. The van der Waals surface area contributed by atoms with Crippen LogP contribution in [0.5, 0.6) is 5.75 Å². The highest BCUT2D eigenvalue weighted by atomic mass is 16.5. The first-order valence-corrected chi connectivity index (χ1v) is 6.63. The Bertz CT molecular complexity index is 608. The van der Waals surface area contributed by atoms with E-state index < -0.39 is 0 Å². The Morgan fingerprint density at radius 1 is 1.40 bits per heavy atom. The molecular formula is C16H18N2O2. The van der Waals surface area contributed by atoms with Gasteiger partial charge in [0.2, 0.25) is 0 Å². The smallest absolute Gasteiger partial charge is 0.262 e. The summed E-state index contributed by atoms with van der Waals surface area (Å²) in [4.78, 5) is 11.9. The molecule has 1 aromatic rings. The lowest BCUT2D eigenvalue weighted by Crippen LogP contribution is -2.26. The normalized spacial score (nSPS) is 14.6. The third-order valence-electron chi connectivity index (χ3n) is 3.36. The number of benzene rings is 1. The number of rotatable bonds is 4. The summed E-state index contributed by atoms with van der Waals surface area (Å²) in [5, 5.41) is 12.0. The van der Waals surface area contributed by atoms with Crippen LogP contribution in [0.4, 0.5) is 0 Å². The van der Waals surface area contributed by atoms with Gasteiger partial charge in [0, 0.05) is 6.04 Å². The molecule has 0 atom stereocenters. The van der Waals surface area contributed by atoms with Gasteiger partial charge in [-0.05, 0) is 61.6 Å². The van der Waals surface area contributed by atoms with Crippen LogP contribution in [-0.2, 0) is 4.79 Å². The van der Waals surface area contributed by atoms with Crippen LogP contribution < -0.4 is 10.1 Å². The molecule has 1 N–H and O–H groups in total. The SMILES string of the molecule is COc1cc(C)c(/C=C(\C#N)C(=O)NC2CC2)cc1C. The van der Waals surface area contributed by atoms with Crippen molar-refractivity contribution in [2.75, 3.05) is 7.11 Å². The van der Waals surface area contributed by atoms with E-state index in [9.17, 15) is 4.79 Å². The largest absolute Gasteiger partial charge is 0.496 e. The molecule has 0 saturated heterocycles. The molecule has 20 heavy (non-hydrogen) atoms. The number of carbonyl (C=O) groups is 1. The first kappa shape index (κ1) is 14.1. The Kier molecular flexibility index (Phi) is 4.09. The maximum atomic E-state index is 11.9. The van der Waals surface area contributed by atoms with Crippen molar-refractivity contribution in [1.29, 1.82) is 5.26 Å². The van der Waals surface area contributed by atoms with E-state index in [1.807, 2.05) is 32.0 Å². The minimum atomic E-state index is -0.289. The fourth-order valence-electron chi connectivity index (χ4n) is 1.98. The number of amides is 1. The van der Waals surface area contributed by atoms with Crippen molar-refractivity contribution in [2.24, 2.45) is 0 Å². The Balaban J connectivity index is 2.29. The van der Waals surface area contributed by atoms with Gasteiger partial charge < -0.3 is 10.1 Å². The quantitative estimate of drug-likeness (QED) is 0.675. The highest BCUT2D eigenvalue weighted by Crippen LogP contribution is 2.24. The second kappa shape index (κ2) is 5.79. The van der Waals surface area contributed by atoms with E-state index in [0.29, 0.717) is 0 Å². The summed E-state index contributed by atoms with van der Waals surface area (Å²) in [6.45, 7) is 3.87. The van der Waals surface area contributed by atoms with Crippen molar-refractivity contribution in [3.8, 4) is 11.8 Å². The number of methoxy groups -OCH3 is 1. The van der Waals surface area contributed by atoms with Crippen molar-refractivity contribution in [1.82, 2.24) is 5.32 Å². The molecule has 0 aromatic heterocycles. The Morgan fingerprint density at radius 3 is 2.65 bits per heavy atom. The van der Waals surface area contributed by atoms with Crippen molar-refractivity contribution in [3.63, 3.8) is 0 Å². The van der Waals surface area contributed by atoms with Gasteiger partial charge in [0.05, 0.1) is 7.11 Å². The van der Waals surface area contributed by atoms with Crippen LogP contribution in [0, 0.1) is 25.2 Å². The molecule has 0 unspecified atom stereocenters. The summed E-state index contributed by atoms with van der Waals surface area (Å²) in [7, 11) is 1.63. The lowest BCUT2D eigenvalue weighted by molar-refractivity contribution is -0.117. The highest BCUT2D eigenvalue weighted by Gasteiger charge is 2.24. The molecule has 0 bridgehead atoms. The van der Waals surface area contributed by atoms with E-state index in [1.165, 1.54) is 0 Å². The van der Waals surface area contributed by atoms with Crippen LogP contribution in [0.2, 0.25) is 0 Å². The molecule has 1 aromatic carbocycles. The molecule has 0 radical (unpaired) electrons. The first-order valence-electron chi connectivity index (χ1n) is 6.63. The molecule has 1 saturated carbocycles. The van der Waals surface area contributed by atoms with Gasteiger partial charge in [0.1, 0.15) is 17.4 Å². The topological polar surface area (TPSA) is 62.1 Å². The molecule has 104 valence electrons. The molecule has 1 amide bonds. The average Bonchev–Trinajstić information content (AvgIpc) is 3.22. The van der Waals surface area contributed by atoms with E-state index in [1.54, 1.807) is 13.2 Å². The van der Waals surface area contributed by atoms with Gasteiger partial charge in [-0.25, -0.2) is 0 Å². The molecule has 4 heteroatoms. The maximum absolute atomic E-state index is 11.9. The average molecular weight is 270 g/mol. The number of hydrogen-bond donors (Lipinski definition) is 1. The lowest BCUT2D eigenvalue weighted by Gasteiger charge is -2.09. The van der Waals surface area contributed by atoms with Gasteiger partial charge in [-0.2, -0.15) is 5.26 Å². The van der Waals surface area contributed by atoms with Gasteiger partial charge in [-0.1, -0.05) is 0 Å². The summed E-state index contributed by atoms with van der Waals surface area (Å²) < 4.78 is 5.26. The zero-order valence-electron chi connectivity index (χ0n) is 12.0. The van der Waals surface area contributed by atoms with Gasteiger partial charge in [0.15, 0.2) is 0 Å². The van der Waals surface area contributed by atoms with Crippen molar-refractivity contribution in [2.45, 2.75) is 32.7 Å². The van der Waals surface area contributed by atoms with Crippen molar-refractivity contribution < 1.29 is 9.53 Å². The van der Waals surface area contributed by atoms with E-state index in [-0.39, 0.29) is 17.5 Å². The zero-order chi connectivity index (χ0) is 14.7. The predicted molar refractivity (Wildman–Crippen MR) is 77.2 cm³/mol. The standard InChI is InChI=1S/C16H18N2O2/c1-10-7-15(20-3)11(2)6-12(10)8-13(9-17)16(19)18-14-4-5-14/h6-8,14H,4-5H2,1-3H3,(H,18,19)/b13-8+. The van der Waals surface area contributed by atoms with Gasteiger partial charge in [0.25, 0.3) is 5.91 Å². The Hall–Kier alpha value is -2.28. The number of carbonyl (C=O) groups excluding carboxylic acids is 1.